The van der Waals surface area contributed by atoms with Gasteiger partial charge in [-0.1, -0.05) is 18.2 Å². The Hall–Kier alpha value is -2.74. The lowest BCUT2D eigenvalue weighted by molar-refractivity contribution is -0.139. The topological polar surface area (TPSA) is 60.9 Å². The smallest absolute Gasteiger partial charge is 0.321 e. The minimum atomic E-state index is -4.52. The molecule has 2 aromatic carbocycles. The molecular formula is C17H13F4N3O. The van der Waals surface area contributed by atoms with Crippen molar-refractivity contribution in [3.63, 3.8) is 0 Å². The largest absolute Gasteiger partial charge is 0.391 e. The van der Waals surface area contributed by atoms with Crippen molar-refractivity contribution >= 4 is 10.9 Å². The molecule has 0 aliphatic carbocycles. The molecule has 0 aliphatic heterocycles. The maximum atomic E-state index is 13.5. The van der Waals surface area contributed by atoms with Gasteiger partial charge in [-0.05, 0) is 30.3 Å². The second-order valence-electron chi connectivity index (χ2n) is 5.53. The van der Waals surface area contributed by atoms with E-state index in [1.807, 2.05) is 0 Å². The normalized spacial score (nSPS) is 13.2. The number of rotatable bonds is 3. The zero-order valence-electron chi connectivity index (χ0n) is 12.8. The summed E-state index contributed by atoms with van der Waals surface area (Å²) >= 11 is 0. The highest BCUT2D eigenvalue weighted by Crippen LogP contribution is 2.28. The summed E-state index contributed by atoms with van der Waals surface area (Å²) in [5.41, 5.74) is 5.41. The van der Waals surface area contributed by atoms with Gasteiger partial charge < -0.3 is 5.73 Å². The fourth-order valence-electron chi connectivity index (χ4n) is 2.59. The molecule has 4 nitrogen and oxygen atoms in total. The Morgan fingerprint density at radius 3 is 2.44 bits per heavy atom. The van der Waals surface area contributed by atoms with E-state index in [1.54, 1.807) is 18.2 Å². The molecular weight excluding hydrogens is 338 g/mol. The van der Waals surface area contributed by atoms with E-state index in [1.165, 1.54) is 18.2 Å². The molecule has 0 saturated heterocycles. The van der Waals surface area contributed by atoms with E-state index in [2.05, 4.69) is 4.98 Å². The van der Waals surface area contributed by atoms with Crippen LogP contribution in [-0.2, 0) is 0 Å². The van der Waals surface area contributed by atoms with Gasteiger partial charge in [0.1, 0.15) is 11.6 Å². The number of nitrogens with zero attached hydrogens (tertiary/aromatic N) is 2. The summed E-state index contributed by atoms with van der Waals surface area (Å²) in [6, 6.07) is 9.80. The van der Waals surface area contributed by atoms with Crippen LogP contribution < -0.4 is 11.3 Å². The molecule has 2 N–H and O–H groups in total. The second kappa shape index (κ2) is 6.29. The molecule has 1 aromatic heterocycles. The minimum absolute atomic E-state index is 0.0354. The molecule has 0 saturated carbocycles. The zero-order chi connectivity index (χ0) is 18.2. The van der Waals surface area contributed by atoms with E-state index in [0.717, 1.165) is 16.7 Å². The van der Waals surface area contributed by atoms with Crippen LogP contribution in [0.1, 0.15) is 18.3 Å². The highest BCUT2D eigenvalue weighted by molar-refractivity contribution is 5.78. The van der Waals surface area contributed by atoms with Crippen molar-refractivity contribution < 1.29 is 17.6 Å². The monoisotopic (exact) mass is 351 g/mol. The fraction of sp³-hybridized carbons (Fsp3) is 0.176. The van der Waals surface area contributed by atoms with E-state index < -0.39 is 30.0 Å². The van der Waals surface area contributed by atoms with E-state index in [4.69, 9.17) is 5.73 Å². The van der Waals surface area contributed by atoms with Crippen molar-refractivity contribution in [3.05, 3.63) is 70.5 Å². The van der Waals surface area contributed by atoms with Crippen LogP contribution in [0.15, 0.2) is 53.3 Å². The molecule has 25 heavy (non-hydrogen) atoms. The van der Waals surface area contributed by atoms with Crippen LogP contribution in [0.4, 0.5) is 17.6 Å². The van der Waals surface area contributed by atoms with Crippen molar-refractivity contribution in [2.75, 3.05) is 0 Å². The van der Waals surface area contributed by atoms with Crippen LogP contribution >= 0.6 is 0 Å². The molecule has 0 spiro atoms. The molecule has 0 bridgehead atoms. The quantitative estimate of drug-likeness (QED) is 0.735. The lowest BCUT2D eigenvalue weighted by atomic mass is 10.1. The summed E-state index contributed by atoms with van der Waals surface area (Å²) in [4.78, 5) is 16.9. The Morgan fingerprint density at radius 1 is 1.12 bits per heavy atom. The minimum Gasteiger partial charge on any atom is -0.321 e. The molecule has 3 aromatic rings. The number of para-hydroxylation sites is 1. The Balaban J connectivity index is 2.30. The van der Waals surface area contributed by atoms with Crippen molar-refractivity contribution in [1.29, 1.82) is 0 Å². The number of fused-ring (bicyclic) bond motifs is 1. The van der Waals surface area contributed by atoms with Gasteiger partial charge >= 0.3 is 6.18 Å². The second-order valence-corrected chi connectivity index (χ2v) is 5.53. The molecule has 0 radical (unpaired) electrons. The highest BCUT2D eigenvalue weighted by Gasteiger charge is 2.33. The predicted octanol–water partition coefficient (Wildman–Crippen LogP) is 3.48. The van der Waals surface area contributed by atoms with Gasteiger partial charge in [-0.25, -0.2) is 9.37 Å². The fourth-order valence-corrected chi connectivity index (χ4v) is 2.59. The lowest BCUT2D eigenvalue weighted by Crippen LogP contribution is -2.31. The lowest BCUT2D eigenvalue weighted by Gasteiger charge is -2.19. The maximum absolute atomic E-state index is 13.5. The molecule has 1 atom stereocenters. The van der Waals surface area contributed by atoms with Gasteiger partial charge in [0.15, 0.2) is 0 Å². The molecule has 130 valence electrons. The third-order valence-corrected chi connectivity index (χ3v) is 3.65. The Kier molecular flexibility index (Phi) is 4.30. The first-order chi connectivity index (χ1) is 11.8. The van der Waals surface area contributed by atoms with Gasteiger partial charge in [0.2, 0.25) is 0 Å². The van der Waals surface area contributed by atoms with E-state index in [9.17, 15) is 22.4 Å². The van der Waals surface area contributed by atoms with Crippen molar-refractivity contribution in [1.82, 2.24) is 9.55 Å². The summed E-state index contributed by atoms with van der Waals surface area (Å²) in [7, 11) is 0. The summed E-state index contributed by atoms with van der Waals surface area (Å²) in [6.07, 6.45) is -5.85. The summed E-state index contributed by atoms with van der Waals surface area (Å²) in [5, 5.41) is -0.0354. The predicted molar refractivity (Wildman–Crippen MR) is 84.9 cm³/mol. The van der Waals surface area contributed by atoms with Gasteiger partial charge in [-0.2, -0.15) is 13.2 Å². The van der Waals surface area contributed by atoms with Crippen LogP contribution in [0.3, 0.4) is 0 Å². The third kappa shape index (κ3) is 3.53. The van der Waals surface area contributed by atoms with Crippen LogP contribution in [0, 0.1) is 5.82 Å². The average Bonchev–Trinajstić information content (AvgIpc) is 2.54. The molecule has 1 heterocycles. The SMILES string of the molecule is NC(CC(F)(F)F)c1nc2ccc(F)cc2c(=O)n1-c1ccccc1. The van der Waals surface area contributed by atoms with Crippen LogP contribution in [0.25, 0.3) is 16.6 Å². The number of alkyl halides is 3. The first-order valence-corrected chi connectivity index (χ1v) is 7.36. The summed E-state index contributed by atoms with van der Waals surface area (Å²) < 4.78 is 52.7. The third-order valence-electron chi connectivity index (χ3n) is 3.65. The number of hydrogen-bond donors (Lipinski definition) is 1. The van der Waals surface area contributed by atoms with E-state index >= 15 is 0 Å². The Morgan fingerprint density at radius 2 is 1.80 bits per heavy atom. The van der Waals surface area contributed by atoms with E-state index in [-0.39, 0.29) is 16.7 Å². The van der Waals surface area contributed by atoms with Gasteiger partial charge in [0.25, 0.3) is 5.56 Å². The molecule has 3 rings (SSSR count). The number of nitrogens with two attached hydrogens (primary N) is 1. The molecule has 1 unspecified atom stereocenters. The first kappa shape index (κ1) is 17.1. The molecule has 8 heteroatoms. The van der Waals surface area contributed by atoms with Gasteiger partial charge in [-0.3, -0.25) is 9.36 Å². The maximum Gasteiger partial charge on any atom is 0.391 e. The average molecular weight is 351 g/mol. The standard InChI is InChI=1S/C17H13F4N3O/c18-10-6-7-14-12(8-10)16(25)24(11-4-2-1-3-5-11)15(23-14)13(22)9-17(19,20)21/h1-8,13H,9,22H2. The number of aromatic nitrogens is 2. The summed E-state index contributed by atoms with van der Waals surface area (Å²) in [5.74, 6) is -0.869. The van der Waals surface area contributed by atoms with Crippen molar-refractivity contribution in [3.8, 4) is 5.69 Å². The van der Waals surface area contributed by atoms with Crippen LogP contribution in [0.2, 0.25) is 0 Å². The molecule has 0 amide bonds. The van der Waals surface area contributed by atoms with Crippen molar-refractivity contribution in [2.45, 2.75) is 18.6 Å². The molecule has 0 fully saturated rings. The van der Waals surface area contributed by atoms with E-state index in [0.29, 0.717) is 5.69 Å². The number of hydrogen-bond acceptors (Lipinski definition) is 3. The Bertz CT molecular complexity index is 967. The molecule has 0 aliphatic rings. The number of halogens is 4. The van der Waals surface area contributed by atoms with Gasteiger partial charge in [0.05, 0.1) is 29.1 Å². The van der Waals surface area contributed by atoms with Crippen molar-refractivity contribution in [2.24, 2.45) is 5.73 Å². The summed E-state index contributed by atoms with van der Waals surface area (Å²) in [6.45, 7) is 0. The van der Waals surface area contributed by atoms with Crippen LogP contribution in [-0.4, -0.2) is 15.7 Å². The van der Waals surface area contributed by atoms with Gasteiger partial charge in [0, 0.05) is 0 Å². The Labute approximate surface area is 139 Å². The number of benzene rings is 2. The highest BCUT2D eigenvalue weighted by atomic mass is 19.4. The van der Waals surface area contributed by atoms with Gasteiger partial charge in [-0.15, -0.1) is 0 Å². The first-order valence-electron chi connectivity index (χ1n) is 7.36. The zero-order valence-corrected chi connectivity index (χ0v) is 12.8. The van der Waals surface area contributed by atoms with Crippen LogP contribution in [0.5, 0.6) is 0 Å².